The molecule has 118 valence electrons. The number of anilines is 1. The third-order valence-corrected chi connectivity index (χ3v) is 4.43. The van der Waals surface area contributed by atoms with Gasteiger partial charge in [-0.3, -0.25) is 9.11 Å². The number of carbonyl (C=O) groups is 1. The van der Waals surface area contributed by atoms with Crippen LogP contribution in [0.2, 0.25) is 0 Å². The first-order valence-electron chi connectivity index (χ1n) is 5.58. The molecule has 0 radical (unpaired) electrons. The van der Waals surface area contributed by atoms with Gasteiger partial charge in [-0.1, -0.05) is 6.07 Å². The molecule has 12 heteroatoms. The predicted molar refractivity (Wildman–Crippen MR) is 76.8 cm³/mol. The van der Waals surface area contributed by atoms with E-state index in [0.29, 0.717) is 0 Å². The minimum absolute atomic E-state index is 0. The Morgan fingerprint density at radius 3 is 1.96 bits per heavy atom. The minimum atomic E-state index is -4.60. The molecule has 0 fully saturated rings. The molecule has 23 heavy (non-hydrogen) atoms. The van der Waals surface area contributed by atoms with Gasteiger partial charge in [-0.2, -0.15) is 16.8 Å². The van der Waals surface area contributed by atoms with Crippen LogP contribution >= 0.6 is 0 Å². The van der Waals surface area contributed by atoms with Crippen LogP contribution in [0, 0.1) is 0 Å². The number of amides is 2. The number of fused-ring (bicyclic) bond motifs is 1. The second-order valence-electron chi connectivity index (χ2n) is 4.29. The first kappa shape index (κ1) is 19.8. The predicted octanol–water partition coefficient (Wildman–Crippen LogP) is -2.17. The summed E-state index contributed by atoms with van der Waals surface area (Å²) in [6.45, 7) is 0. The quantitative estimate of drug-likeness (QED) is 0.353. The van der Waals surface area contributed by atoms with Crippen molar-refractivity contribution in [1.29, 1.82) is 0 Å². The Morgan fingerprint density at radius 2 is 1.48 bits per heavy atom. The molecule has 2 amide bonds. The number of benzene rings is 2. The summed E-state index contributed by atoms with van der Waals surface area (Å²) >= 11 is 0. The van der Waals surface area contributed by atoms with E-state index in [9.17, 15) is 21.6 Å². The fraction of sp³-hybridized carbons (Fsp3) is 0. The standard InChI is InChI=1S/C11H10N2O7S2.Na/c12-11(14)13-10-5-8(22(18,19)20)4-6-3-7(21(15,16)17)1-2-9(6)10;/h1-5H,(H3,12,13,14)(H,15,16,17)(H,18,19,20);/q;+1. The molecular weight excluding hydrogens is 359 g/mol. The van der Waals surface area contributed by atoms with E-state index in [1.54, 1.807) is 0 Å². The number of carbonyl (C=O) groups excluding carboxylic acids is 1. The summed E-state index contributed by atoms with van der Waals surface area (Å²) in [7, 11) is -9.11. The van der Waals surface area contributed by atoms with Crippen LogP contribution in [-0.4, -0.2) is 32.0 Å². The van der Waals surface area contributed by atoms with Gasteiger partial charge in [0.05, 0.1) is 15.5 Å². The second-order valence-corrected chi connectivity index (χ2v) is 7.14. The first-order chi connectivity index (χ1) is 9.98. The van der Waals surface area contributed by atoms with Gasteiger partial charge < -0.3 is 11.1 Å². The summed E-state index contributed by atoms with van der Waals surface area (Å²) in [6, 6.07) is 4.29. The van der Waals surface area contributed by atoms with Gasteiger partial charge >= 0.3 is 35.6 Å². The van der Waals surface area contributed by atoms with Crippen molar-refractivity contribution in [3.05, 3.63) is 30.3 Å². The third-order valence-electron chi connectivity index (χ3n) is 2.75. The summed E-state index contributed by atoms with van der Waals surface area (Å²) in [6.07, 6.45) is 0. The fourth-order valence-corrected chi connectivity index (χ4v) is 2.92. The van der Waals surface area contributed by atoms with E-state index >= 15 is 0 Å². The number of urea groups is 1. The van der Waals surface area contributed by atoms with Gasteiger partial charge in [0.15, 0.2) is 0 Å². The van der Waals surface area contributed by atoms with Crippen molar-refractivity contribution in [2.24, 2.45) is 5.73 Å². The van der Waals surface area contributed by atoms with Gasteiger partial charge in [0.25, 0.3) is 20.2 Å². The van der Waals surface area contributed by atoms with Crippen LogP contribution in [0.25, 0.3) is 10.8 Å². The number of nitrogens with one attached hydrogen (secondary N) is 1. The molecule has 0 saturated heterocycles. The van der Waals surface area contributed by atoms with Gasteiger partial charge in [0.1, 0.15) is 0 Å². The molecule has 0 unspecified atom stereocenters. The summed E-state index contributed by atoms with van der Waals surface area (Å²) in [5, 5.41) is 2.48. The molecule has 2 aromatic carbocycles. The number of nitrogens with two attached hydrogens (primary N) is 1. The van der Waals surface area contributed by atoms with Crippen molar-refractivity contribution >= 4 is 42.7 Å². The maximum Gasteiger partial charge on any atom is 1.00 e. The molecule has 5 N–H and O–H groups in total. The summed E-state index contributed by atoms with van der Waals surface area (Å²) in [5.41, 5.74) is 4.93. The molecule has 0 aliphatic heterocycles. The van der Waals surface area contributed by atoms with Crippen LogP contribution in [0.3, 0.4) is 0 Å². The Bertz CT molecular complexity index is 982. The van der Waals surface area contributed by atoms with E-state index in [4.69, 9.17) is 14.8 Å². The average molecular weight is 369 g/mol. The second kappa shape index (κ2) is 6.73. The minimum Gasteiger partial charge on any atom is -0.351 e. The van der Waals surface area contributed by atoms with Crippen molar-refractivity contribution in [3.63, 3.8) is 0 Å². The van der Waals surface area contributed by atoms with Gasteiger partial charge in [-0.15, -0.1) is 0 Å². The largest absolute Gasteiger partial charge is 1.00 e. The zero-order valence-electron chi connectivity index (χ0n) is 11.7. The Kier molecular flexibility index (Phi) is 5.80. The Labute approximate surface area is 153 Å². The molecular formula is C11H10N2NaO7S2+. The molecule has 0 aliphatic rings. The Morgan fingerprint density at radius 1 is 0.957 bits per heavy atom. The molecule has 0 saturated carbocycles. The number of hydrogen-bond donors (Lipinski definition) is 4. The van der Waals surface area contributed by atoms with Gasteiger partial charge in [-0.25, -0.2) is 4.79 Å². The SMILES string of the molecule is NC(=O)Nc1cc(S(=O)(=O)O)cc2cc(S(=O)(=O)O)ccc12.[Na+]. The van der Waals surface area contributed by atoms with Gasteiger partial charge in [0.2, 0.25) is 0 Å². The van der Waals surface area contributed by atoms with Crippen LogP contribution in [-0.2, 0) is 20.2 Å². The van der Waals surface area contributed by atoms with Crippen molar-refractivity contribution in [2.45, 2.75) is 9.79 Å². The van der Waals surface area contributed by atoms with E-state index < -0.39 is 36.1 Å². The summed E-state index contributed by atoms with van der Waals surface area (Å²) < 4.78 is 62.8. The zero-order chi connectivity index (χ0) is 16.7. The van der Waals surface area contributed by atoms with Crippen LogP contribution in [0.1, 0.15) is 0 Å². The van der Waals surface area contributed by atoms with Crippen molar-refractivity contribution in [1.82, 2.24) is 0 Å². The van der Waals surface area contributed by atoms with E-state index in [1.165, 1.54) is 6.07 Å². The van der Waals surface area contributed by atoms with E-state index in [-0.39, 0.29) is 46.0 Å². The number of rotatable bonds is 3. The first-order valence-corrected chi connectivity index (χ1v) is 8.46. The zero-order valence-corrected chi connectivity index (χ0v) is 15.3. The molecule has 0 bridgehead atoms. The topological polar surface area (TPSA) is 164 Å². The smallest absolute Gasteiger partial charge is 0.351 e. The van der Waals surface area contributed by atoms with Gasteiger partial charge in [0, 0.05) is 5.39 Å². The summed E-state index contributed by atoms with van der Waals surface area (Å²) in [4.78, 5) is 9.92. The normalized spacial score (nSPS) is 11.7. The van der Waals surface area contributed by atoms with Crippen molar-refractivity contribution < 1.29 is 60.3 Å². The van der Waals surface area contributed by atoms with Crippen LogP contribution in [0.5, 0.6) is 0 Å². The average Bonchev–Trinajstić information content (AvgIpc) is 2.35. The molecule has 9 nitrogen and oxygen atoms in total. The molecule has 2 aromatic rings. The van der Waals surface area contributed by atoms with Crippen LogP contribution < -0.4 is 40.6 Å². The maximum atomic E-state index is 11.2. The fourth-order valence-electron chi connectivity index (χ4n) is 1.87. The van der Waals surface area contributed by atoms with Crippen LogP contribution in [0.4, 0.5) is 10.5 Å². The summed E-state index contributed by atoms with van der Waals surface area (Å²) in [5.74, 6) is 0. The van der Waals surface area contributed by atoms with E-state index in [0.717, 1.165) is 24.3 Å². The van der Waals surface area contributed by atoms with E-state index in [1.807, 2.05) is 0 Å². The molecule has 0 aromatic heterocycles. The number of primary amides is 1. The van der Waals surface area contributed by atoms with E-state index in [2.05, 4.69) is 5.32 Å². The Balaban J connectivity index is 0.00000264. The van der Waals surface area contributed by atoms with Gasteiger partial charge in [-0.05, 0) is 29.7 Å². The molecule has 0 atom stereocenters. The third kappa shape index (κ3) is 4.64. The molecule has 0 spiro atoms. The molecule has 0 aliphatic carbocycles. The van der Waals surface area contributed by atoms with Crippen LogP contribution in [0.15, 0.2) is 40.1 Å². The van der Waals surface area contributed by atoms with Crippen molar-refractivity contribution in [3.8, 4) is 0 Å². The molecule has 2 rings (SSSR count). The monoisotopic (exact) mass is 369 g/mol. The number of hydrogen-bond acceptors (Lipinski definition) is 5. The Hall–Kier alpha value is -1.21. The maximum absolute atomic E-state index is 11.2. The van der Waals surface area contributed by atoms with Crippen molar-refractivity contribution in [2.75, 3.05) is 5.32 Å². The molecule has 0 heterocycles.